The van der Waals surface area contributed by atoms with Crippen LogP contribution < -0.4 is 5.32 Å². The highest BCUT2D eigenvalue weighted by Gasteiger charge is 2.52. The van der Waals surface area contributed by atoms with E-state index in [-0.39, 0.29) is 11.6 Å². The molecular formula is C20H18F6N4O2. The minimum atomic E-state index is -5.12. The van der Waals surface area contributed by atoms with E-state index in [1.54, 1.807) is 13.8 Å². The molecule has 0 fully saturated rings. The van der Waals surface area contributed by atoms with E-state index in [0.29, 0.717) is 18.4 Å². The van der Waals surface area contributed by atoms with Gasteiger partial charge in [-0.3, -0.25) is 9.48 Å². The molecule has 1 atom stereocenters. The number of hydrogen-bond donors (Lipinski definition) is 2. The molecule has 0 aliphatic rings. The molecule has 1 amide bonds. The van der Waals surface area contributed by atoms with Gasteiger partial charge in [0.25, 0.3) is 5.91 Å². The Bertz CT molecular complexity index is 1170. The van der Waals surface area contributed by atoms with Gasteiger partial charge in [-0.15, -0.1) is 0 Å². The van der Waals surface area contributed by atoms with Gasteiger partial charge in [0.15, 0.2) is 5.60 Å². The van der Waals surface area contributed by atoms with Crippen LogP contribution >= 0.6 is 0 Å². The molecule has 0 aliphatic heterocycles. The molecule has 1 unspecified atom stereocenters. The first-order valence-electron chi connectivity index (χ1n) is 9.29. The van der Waals surface area contributed by atoms with Gasteiger partial charge >= 0.3 is 12.4 Å². The molecule has 2 heterocycles. The summed E-state index contributed by atoms with van der Waals surface area (Å²) in [6.45, 7) is 4.09. The number of hydrogen-bond acceptors (Lipinski definition) is 4. The van der Waals surface area contributed by atoms with Crippen LogP contribution in [0.15, 0.2) is 36.5 Å². The number of amides is 1. The van der Waals surface area contributed by atoms with Gasteiger partial charge in [-0.25, -0.2) is 4.98 Å². The molecule has 6 nitrogen and oxygen atoms in total. The average molecular weight is 460 g/mol. The number of fused-ring (bicyclic) bond motifs is 1. The van der Waals surface area contributed by atoms with Crippen LogP contribution in [-0.2, 0) is 11.8 Å². The molecule has 12 heteroatoms. The first-order chi connectivity index (χ1) is 14.6. The quantitative estimate of drug-likeness (QED) is 0.534. The van der Waals surface area contributed by atoms with Crippen molar-refractivity contribution in [3.05, 3.63) is 53.5 Å². The molecule has 172 valence electrons. The maximum atomic E-state index is 13.6. The summed E-state index contributed by atoms with van der Waals surface area (Å²) < 4.78 is 80.8. The standard InChI is InChI=1S/C20H18F6N4O2/c1-10(2)30-9-11-7-15(12(8-14(11)29-30)18(3,32)20(24,25)26)28-17(31)13-5-4-6-16(27-13)19(21,22)23/h4-10,32H,1-3H3,(H,28,31). The van der Waals surface area contributed by atoms with E-state index in [1.165, 1.54) is 16.9 Å². The van der Waals surface area contributed by atoms with E-state index in [4.69, 9.17) is 0 Å². The summed E-state index contributed by atoms with van der Waals surface area (Å²) in [5.74, 6) is -1.18. The lowest BCUT2D eigenvalue weighted by molar-refractivity contribution is -0.258. The van der Waals surface area contributed by atoms with E-state index < -0.39 is 46.5 Å². The molecule has 3 aromatic rings. The summed E-state index contributed by atoms with van der Waals surface area (Å²) >= 11 is 0. The van der Waals surface area contributed by atoms with Gasteiger partial charge in [-0.2, -0.15) is 31.4 Å². The molecular weight excluding hydrogens is 442 g/mol. The van der Waals surface area contributed by atoms with Gasteiger partial charge in [0.05, 0.1) is 5.52 Å². The van der Waals surface area contributed by atoms with Crippen LogP contribution in [0.5, 0.6) is 0 Å². The number of nitrogens with one attached hydrogen (secondary N) is 1. The number of carbonyl (C=O) groups is 1. The number of alkyl halides is 6. The van der Waals surface area contributed by atoms with Crippen molar-refractivity contribution in [3.8, 4) is 0 Å². The second-order valence-corrected chi connectivity index (χ2v) is 7.59. The Morgan fingerprint density at radius 3 is 2.34 bits per heavy atom. The Labute approximate surface area is 177 Å². The van der Waals surface area contributed by atoms with Gasteiger partial charge in [-0.05, 0) is 45.0 Å². The summed E-state index contributed by atoms with van der Waals surface area (Å²) in [7, 11) is 0. The first-order valence-corrected chi connectivity index (χ1v) is 9.29. The molecule has 0 bridgehead atoms. The summed E-state index contributed by atoms with van der Waals surface area (Å²) in [5.41, 5.74) is -6.39. The third-order valence-electron chi connectivity index (χ3n) is 4.79. The normalized spacial score (nSPS) is 14.6. The van der Waals surface area contributed by atoms with Crippen LogP contribution in [0.4, 0.5) is 32.0 Å². The van der Waals surface area contributed by atoms with Crippen molar-refractivity contribution in [2.24, 2.45) is 0 Å². The number of aliphatic hydroxyl groups is 1. The Kier molecular flexibility index (Phi) is 5.71. The number of halogens is 6. The van der Waals surface area contributed by atoms with E-state index in [2.05, 4.69) is 15.4 Å². The van der Waals surface area contributed by atoms with E-state index in [0.717, 1.165) is 18.2 Å². The highest BCUT2D eigenvalue weighted by atomic mass is 19.4. The fraction of sp³-hybridized carbons (Fsp3) is 0.350. The fourth-order valence-electron chi connectivity index (χ4n) is 2.92. The van der Waals surface area contributed by atoms with Crippen LogP contribution in [0.1, 0.15) is 48.6 Å². The van der Waals surface area contributed by atoms with Crippen LogP contribution in [0, 0.1) is 0 Å². The van der Waals surface area contributed by atoms with Crippen molar-refractivity contribution in [3.63, 3.8) is 0 Å². The molecule has 0 spiro atoms. The monoisotopic (exact) mass is 460 g/mol. The van der Waals surface area contributed by atoms with Crippen molar-refractivity contribution < 1.29 is 36.2 Å². The van der Waals surface area contributed by atoms with Crippen LogP contribution in [0.3, 0.4) is 0 Å². The minimum Gasteiger partial charge on any atom is -0.376 e. The van der Waals surface area contributed by atoms with E-state index >= 15 is 0 Å². The lowest BCUT2D eigenvalue weighted by Gasteiger charge is -2.28. The van der Waals surface area contributed by atoms with Gasteiger partial charge in [0, 0.05) is 28.9 Å². The zero-order valence-electron chi connectivity index (χ0n) is 17.0. The smallest absolute Gasteiger partial charge is 0.376 e. The summed E-state index contributed by atoms with van der Waals surface area (Å²) in [5, 5.41) is 16.9. The third-order valence-corrected chi connectivity index (χ3v) is 4.79. The molecule has 0 saturated heterocycles. The fourth-order valence-corrected chi connectivity index (χ4v) is 2.92. The van der Waals surface area contributed by atoms with Gasteiger partial charge < -0.3 is 10.4 Å². The molecule has 2 aromatic heterocycles. The van der Waals surface area contributed by atoms with Gasteiger partial charge in [0.2, 0.25) is 0 Å². The topological polar surface area (TPSA) is 80.0 Å². The zero-order valence-corrected chi connectivity index (χ0v) is 17.0. The maximum Gasteiger partial charge on any atom is 0.433 e. The maximum absolute atomic E-state index is 13.6. The SMILES string of the molecule is CC(C)n1cc2cc(NC(=O)c3cccc(C(F)(F)F)n3)c(C(C)(O)C(F)(F)F)cc2n1. The Morgan fingerprint density at radius 1 is 1.12 bits per heavy atom. The Morgan fingerprint density at radius 2 is 1.78 bits per heavy atom. The van der Waals surface area contributed by atoms with E-state index in [9.17, 15) is 36.2 Å². The number of rotatable bonds is 4. The van der Waals surface area contributed by atoms with Crippen LogP contribution in [0.25, 0.3) is 10.9 Å². The number of anilines is 1. The van der Waals surface area contributed by atoms with E-state index in [1.807, 2.05) is 0 Å². The number of carbonyl (C=O) groups excluding carboxylic acids is 1. The van der Waals surface area contributed by atoms with Gasteiger partial charge in [0.1, 0.15) is 11.4 Å². The predicted octanol–water partition coefficient (Wildman–Crippen LogP) is 5.05. The molecule has 32 heavy (non-hydrogen) atoms. The Balaban J connectivity index is 2.12. The lowest BCUT2D eigenvalue weighted by Crippen LogP contribution is -2.40. The third kappa shape index (κ3) is 4.40. The summed E-state index contributed by atoms with van der Waals surface area (Å²) in [6, 6.07) is 4.62. The molecule has 3 rings (SSSR count). The minimum absolute atomic E-state index is 0.124. The molecule has 0 radical (unpaired) electrons. The summed E-state index contributed by atoms with van der Waals surface area (Å²) in [4.78, 5) is 15.8. The van der Waals surface area contributed by atoms with Crippen molar-refractivity contribution >= 4 is 22.5 Å². The highest BCUT2D eigenvalue weighted by molar-refractivity contribution is 6.04. The highest BCUT2D eigenvalue weighted by Crippen LogP contribution is 2.43. The molecule has 2 N–H and O–H groups in total. The number of aromatic nitrogens is 3. The number of nitrogens with zero attached hydrogens (tertiary/aromatic N) is 3. The zero-order chi connectivity index (χ0) is 24.1. The second kappa shape index (κ2) is 7.76. The van der Waals surface area contributed by atoms with Crippen LogP contribution in [-0.4, -0.2) is 32.0 Å². The van der Waals surface area contributed by atoms with Crippen molar-refractivity contribution in [1.29, 1.82) is 0 Å². The largest absolute Gasteiger partial charge is 0.433 e. The van der Waals surface area contributed by atoms with Gasteiger partial charge in [-0.1, -0.05) is 6.07 Å². The van der Waals surface area contributed by atoms with Crippen molar-refractivity contribution in [1.82, 2.24) is 14.8 Å². The first kappa shape index (κ1) is 23.5. The number of benzene rings is 1. The predicted molar refractivity (Wildman–Crippen MR) is 103 cm³/mol. The second-order valence-electron chi connectivity index (χ2n) is 7.59. The van der Waals surface area contributed by atoms with Crippen LogP contribution in [0.2, 0.25) is 0 Å². The molecule has 0 aliphatic carbocycles. The molecule has 0 saturated carbocycles. The summed E-state index contributed by atoms with van der Waals surface area (Å²) in [6.07, 6.45) is -8.40. The number of pyridine rings is 1. The van der Waals surface area contributed by atoms with Crippen molar-refractivity contribution in [2.45, 2.75) is 44.8 Å². The average Bonchev–Trinajstić information content (AvgIpc) is 3.09. The molecule has 1 aromatic carbocycles. The lowest BCUT2D eigenvalue weighted by atomic mass is 9.92. The van der Waals surface area contributed by atoms with Crippen molar-refractivity contribution in [2.75, 3.05) is 5.32 Å². The Hall–Kier alpha value is -3.15.